The van der Waals surface area contributed by atoms with E-state index in [9.17, 15) is 9.59 Å². The van der Waals surface area contributed by atoms with Crippen molar-refractivity contribution in [3.63, 3.8) is 0 Å². The molecule has 3 saturated heterocycles. The van der Waals surface area contributed by atoms with E-state index in [0.717, 1.165) is 18.4 Å². The third-order valence-electron chi connectivity index (χ3n) is 6.30. The summed E-state index contributed by atoms with van der Waals surface area (Å²) in [6, 6.07) is 9.78. The fraction of sp³-hybridized carbons (Fsp3) is 0.609. The number of carboxylic acid groups (broad SMARTS) is 1. The summed E-state index contributed by atoms with van der Waals surface area (Å²) < 4.78 is 6.38. The highest BCUT2D eigenvalue weighted by molar-refractivity contribution is 5.78. The van der Waals surface area contributed by atoms with Gasteiger partial charge in [-0.1, -0.05) is 30.3 Å². The topological polar surface area (TPSA) is 108 Å². The van der Waals surface area contributed by atoms with Gasteiger partial charge >= 0.3 is 6.03 Å². The molecule has 4 atom stereocenters. The highest BCUT2D eigenvalue weighted by atomic mass is 16.5. The van der Waals surface area contributed by atoms with Crippen LogP contribution >= 0.6 is 0 Å². The molecule has 3 N–H and O–H groups in total. The normalized spacial score (nSPS) is 28.4. The van der Waals surface area contributed by atoms with E-state index in [1.165, 1.54) is 0 Å². The molecule has 3 fully saturated rings. The number of fused-ring (bicyclic) bond motifs is 1. The van der Waals surface area contributed by atoms with Crippen molar-refractivity contribution in [3.05, 3.63) is 35.9 Å². The van der Waals surface area contributed by atoms with Gasteiger partial charge in [0.25, 0.3) is 6.47 Å². The van der Waals surface area contributed by atoms with Crippen molar-refractivity contribution in [3.8, 4) is 0 Å². The Bertz CT molecular complexity index is 794. The largest absolute Gasteiger partial charge is 0.483 e. The van der Waals surface area contributed by atoms with E-state index >= 15 is 0 Å². The van der Waals surface area contributed by atoms with Crippen molar-refractivity contribution in [1.82, 2.24) is 15.5 Å². The van der Waals surface area contributed by atoms with Crippen molar-refractivity contribution in [2.24, 2.45) is 11.8 Å². The first kappa shape index (κ1) is 23.1. The summed E-state index contributed by atoms with van der Waals surface area (Å²) in [5.74, 6) is 0.623. The maximum atomic E-state index is 12.6. The lowest BCUT2D eigenvalue weighted by molar-refractivity contribution is -0.123. The number of likely N-dealkylation sites (tertiary alicyclic amines) is 1. The number of nitrogens with zero attached hydrogens (tertiary/aromatic N) is 1. The molecule has 0 radical (unpaired) electrons. The molecule has 4 rings (SSSR count). The first-order chi connectivity index (χ1) is 14.7. The standard InChI is InChI=1S/C22H31N3O3.CH2O2/c1-21(2,3)24-20(27)25-13-17-16(18-9-10-22(17,14-25)28-18)12-23-19(26)11-15-7-5-4-6-8-15;2-1-3/h4-8,16-18H,9-14H2,1-3H3,(H,23,26)(H,24,27);1H,(H,2,3)/t16-,17+,18+,22+;/m0./s1. The number of hydrogen-bond donors (Lipinski definition) is 3. The highest BCUT2D eigenvalue weighted by Gasteiger charge is 2.63. The summed E-state index contributed by atoms with van der Waals surface area (Å²) in [5, 5.41) is 13.1. The number of benzene rings is 1. The molecule has 1 spiro atoms. The zero-order valence-corrected chi connectivity index (χ0v) is 18.5. The average molecular weight is 432 g/mol. The molecule has 0 saturated carbocycles. The number of urea groups is 1. The van der Waals surface area contributed by atoms with Crippen molar-refractivity contribution in [2.45, 2.75) is 57.3 Å². The summed E-state index contributed by atoms with van der Waals surface area (Å²) in [7, 11) is 0. The Labute approximate surface area is 183 Å². The number of ether oxygens (including phenoxy) is 1. The van der Waals surface area contributed by atoms with Gasteiger partial charge in [-0.25, -0.2) is 4.79 Å². The average Bonchev–Trinajstić information content (AvgIpc) is 3.35. The number of amides is 3. The molecule has 0 aliphatic carbocycles. The molecular weight excluding hydrogens is 398 g/mol. The van der Waals surface area contributed by atoms with Gasteiger partial charge in [0.1, 0.15) is 0 Å². The molecule has 3 aliphatic rings. The Morgan fingerprint density at radius 1 is 1.29 bits per heavy atom. The second-order valence-electron chi connectivity index (χ2n) is 9.66. The predicted octanol–water partition coefficient (Wildman–Crippen LogP) is 2.03. The lowest BCUT2D eigenvalue weighted by Crippen LogP contribution is -2.48. The van der Waals surface area contributed by atoms with Crippen LogP contribution in [0.25, 0.3) is 0 Å². The van der Waals surface area contributed by atoms with E-state index in [0.29, 0.717) is 32.0 Å². The molecule has 2 bridgehead atoms. The Balaban J connectivity index is 0.000000858. The van der Waals surface area contributed by atoms with Gasteiger partial charge in [-0.3, -0.25) is 9.59 Å². The third kappa shape index (κ3) is 5.36. The summed E-state index contributed by atoms with van der Waals surface area (Å²) in [6.07, 6.45) is 2.63. The minimum atomic E-state index is -0.254. The molecular formula is C23H33N3O5. The lowest BCUT2D eigenvalue weighted by Gasteiger charge is -2.29. The first-order valence-corrected chi connectivity index (χ1v) is 10.8. The molecule has 170 valence electrons. The zero-order chi connectivity index (χ0) is 22.6. The van der Waals surface area contributed by atoms with Crippen LogP contribution in [0.15, 0.2) is 30.3 Å². The Hall–Kier alpha value is -2.61. The summed E-state index contributed by atoms with van der Waals surface area (Å²) >= 11 is 0. The number of rotatable bonds is 4. The smallest absolute Gasteiger partial charge is 0.317 e. The molecule has 3 heterocycles. The van der Waals surface area contributed by atoms with Gasteiger partial charge in [0.2, 0.25) is 5.91 Å². The third-order valence-corrected chi connectivity index (χ3v) is 6.30. The molecule has 1 aromatic carbocycles. The quantitative estimate of drug-likeness (QED) is 0.633. The predicted molar refractivity (Wildman–Crippen MR) is 116 cm³/mol. The van der Waals surface area contributed by atoms with Crippen LogP contribution in [-0.2, 0) is 20.7 Å². The fourth-order valence-corrected chi connectivity index (χ4v) is 5.09. The van der Waals surface area contributed by atoms with Crippen molar-refractivity contribution >= 4 is 18.4 Å². The Kier molecular flexibility index (Phi) is 6.89. The van der Waals surface area contributed by atoms with Crippen LogP contribution in [0.5, 0.6) is 0 Å². The van der Waals surface area contributed by atoms with E-state index in [2.05, 4.69) is 10.6 Å². The molecule has 3 amide bonds. The number of carbonyl (C=O) groups excluding carboxylic acids is 2. The zero-order valence-electron chi connectivity index (χ0n) is 18.5. The van der Waals surface area contributed by atoms with Crippen molar-refractivity contribution < 1.29 is 24.2 Å². The Morgan fingerprint density at radius 2 is 1.97 bits per heavy atom. The summed E-state index contributed by atoms with van der Waals surface area (Å²) in [4.78, 5) is 35.3. The van der Waals surface area contributed by atoms with E-state index in [1.807, 2.05) is 56.0 Å². The highest BCUT2D eigenvalue weighted by Crippen LogP contribution is 2.54. The minimum Gasteiger partial charge on any atom is -0.483 e. The maximum Gasteiger partial charge on any atom is 0.317 e. The van der Waals surface area contributed by atoms with Crippen LogP contribution in [0, 0.1) is 11.8 Å². The van der Waals surface area contributed by atoms with Crippen LogP contribution in [0.4, 0.5) is 4.79 Å². The monoisotopic (exact) mass is 431 g/mol. The fourth-order valence-electron chi connectivity index (χ4n) is 5.09. The van der Waals surface area contributed by atoms with Gasteiger partial charge < -0.3 is 25.4 Å². The molecule has 3 aliphatic heterocycles. The lowest BCUT2D eigenvalue weighted by atomic mass is 9.73. The van der Waals surface area contributed by atoms with Gasteiger partial charge in [-0.2, -0.15) is 0 Å². The maximum absolute atomic E-state index is 12.6. The SMILES string of the molecule is CC(C)(C)NC(=O)N1C[C@@H]2[C@H](CNC(=O)Cc3ccccc3)[C@H]3CC[C@]2(C1)O3.O=CO. The summed E-state index contributed by atoms with van der Waals surface area (Å²) in [6.45, 7) is 7.72. The van der Waals surface area contributed by atoms with E-state index < -0.39 is 0 Å². The van der Waals surface area contributed by atoms with Crippen molar-refractivity contribution in [1.29, 1.82) is 0 Å². The van der Waals surface area contributed by atoms with Crippen LogP contribution in [-0.4, -0.2) is 65.3 Å². The Morgan fingerprint density at radius 3 is 2.61 bits per heavy atom. The molecule has 0 unspecified atom stereocenters. The van der Waals surface area contributed by atoms with Crippen LogP contribution in [0.1, 0.15) is 39.2 Å². The molecule has 0 aromatic heterocycles. The summed E-state index contributed by atoms with van der Waals surface area (Å²) in [5.41, 5.74) is 0.553. The van der Waals surface area contributed by atoms with Gasteiger partial charge in [-0.15, -0.1) is 0 Å². The number of nitrogens with one attached hydrogen (secondary N) is 2. The van der Waals surface area contributed by atoms with Crippen LogP contribution < -0.4 is 10.6 Å². The molecule has 31 heavy (non-hydrogen) atoms. The van der Waals surface area contributed by atoms with E-state index in [1.54, 1.807) is 0 Å². The van der Waals surface area contributed by atoms with E-state index in [-0.39, 0.29) is 41.6 Å². The molecule has 8 nitrogen and oxygen atoms in total. The van der Waals surface area contributed by atoms with Gasteiger partial charge in [0.15, 0.2) is 0 Å². The van der Waals surface area contributed by atoms with Gasteiger partial charge in [0.05, 0.1) is 24.7 Å². The van der Waals surface area contributed by atoms with Gasteiger partial charge in [-0.05, 0) is 39.2 Å². The molecule has 1 aromatic rings. The number of carbonyl (C=O) groups is 3. The number of hydrogen-bond acceptors (Lipinski definition) is 4. The van der Waals surface area contributed by atoms with Crippen LogP contribution in [0.3, 0.4) is 0 Å². The van der Waals surface area contributed by atoms with E-state index in [4.69, 9.17) is 14.6 Å². The second-order valence-corrected chi connectivity index (χ2v) is 9.66. The molecule has 8 heteroatoms. The first-order valence-electron chi connectivity index (χ1n) is 10.8. The van der Waals surface area contributed by atoms with Gasteiger partial charge in [0, 0.05) is 30.5 Å². The van der Waals surface area contributed by atoms with Crippen molar-refractivity contribution in [2.75, 3.05) is 19.6 Å². The second kappa shape index (κ2) is 9.26. The minimum absolute atomic E-state index is 0.0183. The van der Waals surface area contributed by atoms with Crippen LogP contribution in [0.2, 0.25) is 0 Å².